The van der Waals surface area contributed by atoms with Crippen LogP contribution < -0.4 is 5.73 Å². The van der Waals surface area contributed by atoms with Crippen LogP contribution in [0.2, 0.25) is 0 Å². The van der Waals surface area contributed by atoms with Crippen LogP contribution in [-0.2, 0) is 0 Å². The standard InChI is InChI=1S/C9H6F2N2/c10-7-5-9(13)8(11)4-6(7)2-1-3-12/h1-2,4-5H,13H2. The number of nitrogens with zero attached hydrogens (tertiary/aromatic N) is 1. The molecule has 0 saturated carbocycles. The molecule has 0 saturated heterocycles. The number of nitrogens with two attached hydrogens (primary N) is 1. The summed E-state index contributed by atoms with van der Waals surface area (Å²) >= 11 is 0. The van der Waals surface area contributed by atoms with Gasteiger partial charge in [-0.1, -0.05) is 0 Å². The second-order valence-electron chi connectivity index (χ2n) is 2.36. The predicted molar refractivity (Wildman–Crippen MR) is 45.4 cm³/mol. The fourth-order valence-corrected chi connectivity index (χ4v) is 0.832. The molecule has 0 bridgehead atoms. The molecule has 66 valence electrons. The molecule has 0 unspecified atom stereocenters. The minimum atomic E-state index is -0.695. The summed E-state index contributed by atoms with van der Waals surface area (Å²) in [5.74, 6) is -1.34. The first-order valence-corrected chi connectivity index (χ1v) is 3.46. The smallest absolute Gasteiger partial charge is 0.146 e. The SMILES string of the molecule is N#CC=Cc1cc(F)c(N)cc1F. The number of benzene rings is 1. The molecule has 1 aromatic rings. The first-order valence-electron chi connectivity index (χ1n) is 3.46. The number of nitriles is 1. The zero-order valence-electron chi connectivity index (χ0n) is 6.59. The van der Waals surface area contributed by atoms with Crippen molar-refractivity contribution in [2.24, 2.45) is 0 Å². The highest BCUT2D eigenvalue weighted by molar-refractivity contribution is 5.56. The molecule has 2 nitrogen and oxygen atoms in total. The van der Waals surface area contributed by atoms with Gasteiger partial charge in [-0.05, 0) is 12.1 Å². The van der Waals surface area contributed by atoms with E-state index in [0.29, 0.717) is 0 Å². The van der Waals surface area contributed by atoms with Crippen molar-refractivity contribution in [2.75, 3.05) is 5.73 Å². The van der Waals surface area contributed by atoms with Gasteiger partial charge in [-0.3, -0.25) is 0 Å². The first-order chi connectivity index (χ1) is 6.15. The fourth-order valence-electron chi connectivity index (χ4n) is 0.832. The topological polar surface area (TPSA) is 49.8 Å². The molecule has 0 spiro atoms. The third-order valence-electron chi connectivity index (χ3n) is 1.45. The van der Waals surface area contributed by atoms with Gasteiger partial charge in [-0.15, -0.1) is 0 Å². The van der Waals surface area contributed by atoms with Crippen molar-refractivity contribution in [3.63, 3.8) is 0 Å². The Balaban J connectivity index is 3.17. The van der Waals surface area contributed by atoms with Gasteiger partial charge in [0.1, 0.15) is 11.6 Å². The monoisotopic (exact) mass is 180 g/mol. The van der Waals surface area contributed by atoms with Gasteiger partial charge in [0.05, 0.1) is 11.8 Å². The average Bonchev–Trinajstić information content (AvgIpc) is 2.09. The van der Waals surface area contributed by atoms with E-state index in [1.54, 1.807) is 6.07 Å². The van der Waals surface area contributed by atoms with Crippen molar-refractivity contribution in [2.45, 2.75) is 0 Å². The van der Waals surface area contributed by atoms with Crippen LogP contribution in [0.25, 0.3) is 6.08 Å². The fraction of sp³-hybridized carbons (Fsp3) is 0. The minimum absolute atomic E-state index is 0.00764. The highest BCUT2D eigenvalue weighted by Gasteiger charge is 2.04. The summed E-state index contributed by atoms with van der Waals surface area (Å²) in [5, 5.41) is 8.16. The van der Waals surface area contributed by atoms with Crippen LogP contribution in [0.3, 0.4) is 0 Å². The molecule has 0 radical (unpaired) electrons. The lowest BCUT2D eigenvalue weighted by Crippen LogP contribution is -1.93. The number of hydrogen-bond acceptors (Lipinski definition) is 2. The molecule has 13 heavy (non-hydrogen) atoms. The molecule has 1 aromatic carbocycles. The number of anilines is 1. The van der Waals surface area contributed by atoms with Crippen LogP contribution in [0, 0.1) is 23.0 Å². The van der Waals surface area contributed by atoms with E-state index in [0.717, 1.165) is 18.2 Å². The molecule has 0 aromatic heterocycles. The first kappa shape index (κ1) is 9.20. The number of halogens is 2. The van der Waals surface area contributed by atoms with Gasteiger partial charge in [0.15, 0.2) is 0 Å². The Labute approximate surface area is 73.9 Å². The summed E-state index contributed by atoms with van der Waals surface area (Å²) in [5.41, 5.74) is 4.88. The van der Waals surface area contributed by atoms with Crippen molar-refractivity contribution in [3.8, 4) is 6.07 Å². The lowest BCUT2D eigenvalue weighted by Gasteiger charge is -1.99. The molecule has 0 heterocycles. The Hall–Kier alpha value is -1.89. The molecule has 1 rings (SSSR count). The maximum Gasteiger partial charge on any atom is 0.146 e. The van der Waals surface area contributed by atoms with Crippen molar-refractivity contribution in [3.05, 3.63) is 35.4 Å². The number of allylic oxidation sites excluding steroid dienone is 1. The van der Waals surface area contributed by atoms with Gasteiger partial charge in [0.25, 0.3) is 0 Å². The lowest BCUT2D eigenvalue weighted by molar-refractivity contribution is 0.602. The third kappa shape index (κ3) is 2.03. The largest absolute Gasteiger partial charge is 0.396 e. The molecule has 0 amide bonds. The van der Waals surface area contributed by atoms with E-state index in [1.165, 1.54) is 6.08 Å². The zero-order chi connectivity index (χ0) is 9.84. The normalized spacial score (nSPS) is 10.2. The third-order valence-corrected chi connectivity index (χ3v) is 1.45. The summed E-state index contributed by atoms with van der Waals surface area (Å²) in [6.07, 6.45) is 2.24. The highest BCUT2D eigenvalue weighted by Crippen LogP contribution is 2.17. The van der Waals surface area contributed by atoms with Crippen molar-refractivity contribution in [1.29, 1.82) is 5.26 Å². The van der Waals surface area contributed by atoms with Crippen LogP contribution in [0.5, 0.6) is 0 Å². The Morgan fingerprint density at radius 1 is 1.31 bits per heavy atom. The zero-order valence-corrected chi connectivity index (χ0v) is 6.59. The van der Waals surface area contributed by atoms with Crippen molar-refractivity contribution in [1.82, 2.24) is 0 Å². The minimum Gasteiger partial charge on any atom is -0.396 e. The Morgan fingerprint density at radius 2 is 2.00 bits per heavy atom. The molecule has 0 aliphatic carbocycles. The molecule has 0 aliphatic rings. The molecule has 2 N–H and O–H groups in total. The van der Waals surface area contributed by atoms with Crippen molar-refractivity contribution < 1.29 is 8.78 Å². The second kappa shape index (κ2) is 3.68. The van der Waals surface area contributed by atoms with Crippen LogP contribution in [0.1, 0.15) is 5.56 Å². The van der Waals surface area contributed by atoms with Gasteiger partial charge < -0.3 is 5.73 Å². The summed E-state index contributed by atoms with van der Waals surface area (Å²) in [6, 6.07) is 3.50. The van der Waals surface area contributed by atoms with Gasteiger partial charge in [-0.25, -0.2) is 8.78 Å². The Morgan fingerprint density at radius 3 is 2.62 bits per heavy atom. The predicted octanol–water partition coefficient (Wildman–Crippen LogP) is 2.08. The van der Waals surface area contributed by atoms with E-state index in [-0.39, 0.29) is 11.3 Å². The van der Waals surface area contributed by atoms with Crippen LogP contribution in [-0.4, -0.2) is 0 Å². The number of hydrogen-bond donors (Lipinski definition) is 1. The molecular formula is C9H6F2N2. The Kier molecular flexibility index (Phi) is 2.60. The molecular weight excluding hydrogens is 174 g/mol. The van der Waals surface area contributed by atoms with Gasteiger partial charge in [0, 0.05) is 17.7 Å². The van der Waals surface area contributed by atoms with Crippen LogP contribution >= 0.6 is 0 Å². The van der Waals surface area contributed by atoms with Gasteiger partial charge in [-0.2, -0.15) is 5.26 Å². The lowest BCUT2D eigenvalue weighted by atomic mass is 10.1. The maximum absolute atomic E-state index is 12.9. The summed E-state index contributed by atoms with van der Waals surface area (Å²) < 4.78 is 25.7. The van der Waals surface area contributed by atoms with E-state index in [4.69, 9.17) is 11.0 Å². The van der Waals surface area contributed by atoms with E-state index in [9.17, 15) is 8.78 Å². The van der Waals surface area contributed by atoms with E-state index in [2.05, 4.69) is 0 Å². The second-order valence-corrected chi connectivity index (χ2v) is 2.36. The summed E-state index contributed by atoms with van der Waals surface area (Å²) in [4.78, 5) is 0. The number of nitrogen functional groups attached to an aromatic ring is 1. The highest BCUT2D eigenvalue weighted by atomic mass is 19.1. The van der Waals surface area contributed by atoms with Crippen LogP contribution in [0.15, 0.2) is 18.2 Å². The van der Waals surface area contributed by atoms with E-state index >= 15 is 0 Å². The number of rotatable bonds is 1. The molecule has 0 fully saturated rings. The summed E-state index contributed by atoms with van der Waals surface area (Å²) in [6.45, 7) is 0. The van der Waals surface area contributed by atoms with E-state index in [1.807, 2.05) is 0 Å². The molecule has 0 aliphatic heterocycles. The van der Waals surface area contributed by atoms with Crippen LogP contribution in [0.4, 0.5) is 14.5 Å². The van der Waals surface area contributed by atoms with Gasteiger partial charge >= 0.3 is 0 Å². The Bertz CT molecular complexity index is 391. The molecule has 4 heteroatoms. The van der Waals surface area contributed by atoms with Gasteiger partial charge in [0.2, 0.25) is 0 Å². The maximum atomic E-state index is 12.9. The summed E-state index contributed by atoms with van der Waals surface area (Å²) in [7, 11) is 0. The van der Waals surface area contributed by atoms with E-state index < -0.39 is 11.6 Å². The quantitative estimate of drug-likeness (QED) is 0.531. The molecule has 0 atom stereocenters. The van der Waals surface area contributed by atoms with Crippen molar-refractivity contribution >= 4 is 11.8 Å². The average molecular weight is 180 g/mol.